The fraction of sp³-hybridized carbons (Fsp3) is 0.400. The topological polar surface area (TPSA) is 0 Å². The quantitative estimate of drug-likeness (QED) is 0.684. The zero-order chi connectivity index (χ0) is 13.4. The van der Waals surface area contributed by atoms with Crippen molar-refractivity contribution in [3.8, 4) is 11.1 Å². The van der Waals surface area contributed by atoms with Gasteiger partial charge in [-0.3, -0.25) is 0 Å². The first-order chi connectivity index (χ1) is 9.90. The summed E-state index contributed by atoms with van der Waals surface area (Å²) in [4.78, 5) is 0. The minimum atomic E-state index is 1.22. The van der Waals surface area contributed by atoms with E-state index in [2.05, 4.69) is 36.4 Å². The molecule has 20 heavy (non-hydrogen) atoms. The second kappa shape index (κ2) is 5.09. The van der Waals surface area contributed by atoms with Crippen LogP contribution in [0.2, 0.25) is 0 Å². The van der Waals surface area contributed by atoms with Crippen molar-refractivity contribution in [3.05, 3.63) is 58.7 Å². The molecular formula is C20H21. The number of fused-ring (bicyclic) bond motifs is 2. The Hall–Kier alpha value is -1.56. The molecule has 0 fully saturated rings. The summed E-state index contributed by atoms with van der Waals surface area (Å²) in [6.45, 7) is 0. The van der Waals surface area contributed by atoms with Crippen molar-refractivity contribution in [2.45, 2.75) is 51.4 Å². The molecule has 2 aliphatic carbocycles. The molecule has 0 amide bonds. The van der Waals surface area contributed by atoms with Gasteiger partial charge in [-0.15, -0.1) is 0 Å². The van der Waals surface area contributed by atoms with Crippen LogP contribution in [0.3, 0.4) is 0 Å². The predicted octanol–water partition coefficient (Wildman–Crippen LogP) is 4.91. The lowest BCUT2D eigenvalue weighted by molar-refractivity contribution is 0.684. The lowest BCUT2D eigenvalue weighted by Crippen LogP contribution is -2.04. The second-order valence-electron chi connectivity index (χ2n) is 6.27. The normalized spacial score (nSPS) is 17.4. The fourth-order valence-electron chi connectivity index (χ4n) is 3.71. The molecule has 0 spiro atoms. The van der Waals surface area contributed by atoms with Crippen LogP contribution >= 0.6 is 0 Å². The van der Waals surface area contributed by atoms with Crippen LogP contribution < -0.4 is 0 Å². The molecule has 0 saturated heterocycles. The van der Waals surface area contributed by atoms with Gasteiger partial charge in [0.15, 0.2) is 0 Å². The van der Waals surface area contributed by atoms with Crippen LogP contribution in [-0.4, -0.2) is 0 Å². The van der Waals surface area contributed by atoms with E-state index in [1.165, 1.54) is 73.6 Å². The molecule has 0 saturated carbocycles. The van der Waals surface area contributed by atoms with Gasteiger partial charge in [0.2, 0.25) is 0 Å². The lowest BCUT2D eigenvalue weighted by atomic mass is 9.86. The molecule has 0 atom stereocenters. The third-order valence-electron chi connectivity index (χ3n) is 4.91. The van der Waals surface area contributed by atoms with Gasteiger partial charge in [-0.1, -0.05) is 30.3 Å². The van der Waals surface area contributed by atoms with Gasteiger partial charge >= 0.3 is 0 Å². The summed E-state index contributed by atoms with van der Waals surface area (Å²) >= 11 is 0. The number of aryl methyl sites for hydroxylation is 4. The Kier molecular flexibility index (Phi) is 3.10. The molecule has 2 aromatic rings. The Morgan fingerprint density at radius 1 is 0.650 bits per heavy atom. The molecule has 2 aliphatic rings. The highest BCUT2D eigenvalue weighted by Gasteiger charge is 2.13. The molecule has 0 aromatic heterocycles. The molecule has 2 aromatic carbocycles. The second-order valence-corrected chi connectivity index (χ2v) is 6.27. The van der Waals surface area contributed by atoms with E-state index >= 15 is 0 Å². The summed E-state index contributed by atoms with van der Waals surface area (Å²) in [5, 5.41) is 0. The van der Waals surface area contributed by atoms with Crippen LogP contribution in [0.1, 0.15) is 47.9 Å². The number of benzene rings is 2. The standard InChI is InChI=1S/C20H21/c1-3-7-17-13-19(11-9-15(17)5-1)20-12-10-16-6-2-4-8-18(16)14-20/h9-13H,1-8H2. The van der Waals surface area contributed by atoms with E-state index < -0.39 is 0 Å². The maximum Gasteiger partial charge on any atom is -0.00614 e. The van der Waals surface area contributed by atoms with E-state index in [1.807, 2.05) is 0 Å². The van der Waals surface area contributed by atoms with Crippen LogP contribution in [0, 0.1) is 6.07 Å². The molecule has 0 unspecified atom stereocenters. The van der Waals surface area contributed by atoms with Gasteiger partial charge in [-0.05, 0) is 90.8 Å². The summed E-state index contributed by atoms with van der Waals surface area (Å²) in [7, 11) is 0. The molecule has 0 nitrogen and oxygen atoms in total. The highest BCUT2D eigenvalue weighted by Crippen LogP contribution is 2.30. The van der Waals surface area contributed by atoms with Crippen molar-refractivity contribution in [2.24, 2.45) is 0 Å². The van der Waals surface area contributed by atoms with E-state index in [9.17, 15) is 0 Å². The van der Waals surface area contributed by atoms with E-state index in [0.29, 0.717) is 0 Å². The van der Waals surface area contributed by atoms with Gasteiger partial charge in [0.1, 0.15) is 0 Å². The highest BCUT2D eigenvalue weighted by molar-refractivity contribution is 5.66. The third kappa shape index (κ3) is 2.18. The largest absolute Gasteiger partial charge is 0.0582 e. The van der Waals surface area contributed by atoms with Crippen LogP contribution in [0.25, 0.3) is 11.1 Å². The number of hydrogen-bond donors (Lipinski definition) is 0. The first-order valence-electron chi connectivity index (χ1n) is 8.06. The summed E-state index contributed by atoms with van der Waals surface area (Å²) in [6.07, 6.45) is 10.4. The van der Waals surface area contributed by atoms with Crippen LogP contribution in [0.4, 0.5) is 0 Å². The lowest BCUT2D eigenvalue weighted by Gasteiger charge is -2.18. The average molecular weight is 261 g/mol. The number of hydrogen-bond acceptors (Lipinski definition) is 0. The molecule has 4 rings (SSSR count). The van der Waals surface area contributed by atoms with Crippen LogP contribution in [-0.2, 0) is 25.7 Å². The number of rotatable bonds is 1. The summed E-state index contributed by atoms with van der Waals surface area (Å²) in [5.41, 5.74) is 8.78. The Morgan fingerprint density at radius 3 is 2.25 bits per heavy atom. The van der Waals surface area contributed by atoms with Crippen molar-refractivity contribution in [2.75, 3.05) is 0 Å². The van der Waals surface area contributed by atoms with E-state index in [1.54, 1.807) is 11.1 Å². The average Bonchev–Trinajstić information content (AvgIpc) is 2.54. The Morgan fingerprint density at radius 2 is 1.35 bits per heavy atom. The predicted molar refractivity (Wildman–Crippen MR) is 84.0 cm³/mol. The van der Waals surface area contributed by atoms with Crippen molar-refractivity contribution in [1.82, 2.24) is 0 Å². The van der Waals surface area contributed by atoms with E-state index in [0.717, 1.165) is 0 Å². The van der Waals surface area contributed by atoms with Crippen molar-refractivity contribution in [3.63, 3.8) is 0 Å². The van der Waals surface area contributed by atoms with Gasteiger partial charge in [0.25, 0.3) is 0 Å². The maximum atomic E-state index is 3.69. The molecule has 1 radical (unpaired) electrons. The first-order valence-corrected chi connectivity index (χ1v) is 8.06. The molecule has 0 bridgehead atoms. The van der Waals surface area contributed by atoms with E-state index in [4.69, 9.17) is 0 Å². The van der Waals surface area contributed by atoms with Gasteiger partial charge in [-0.2, -0.15) is 0 Å². The molecule has 0 heteroatoms. The van der Waals surface area contributed by atoms with Crippen molar-refractivity contribution in [1.29, 1.82) is 0 Å². The zero-order valence-electron chi connectivity index (χ0n) is 12.0. The van der Waals surface area contributed by atoms with E-state index in [-0.39, 0.29) is 0 Å². The van der Waals surface area contributed by atoms with Gasteiger partial charge < -0.3 is 0 Å². The van der Waals surface area contributed by atoms with Crippen LogP contribution in [0.15, 0.2) is 30.3 Å². The molecule has 101 valence electrons. The van der Waals surface area contributed by atoms with Gasteiger partial charge in [0, 0.05) is 0 Å². The molecule has 0 heterocycles. The highest BCUT2D eigenvalue weighted by atomic mass is 14.2. The Balaban J connectivity index is 1.73. The molecule has 0 aliphatic heterocycles. The Labute approximate surface area is 121 Å². The Bertz CT molecular complexity index is 579. The van der Waals surface area contributed by atoms with Crippen molar-refractivity contribution < 1.29 is 0 Å². The summed E-state index contributed by atoms with van der Waals surface area (Å²) < 4.78 is 0. The first kappa shape index (κ1) is 12.2. The summed E-state index contributed by atoms with van der Waals surface area (Å²) in [6, 6.07) is 15.3. The van der Waals surface area contributed by atoms with Gasteiger partial charge in [0.05, 0.1) is 0 Å². The minimum Gasteiger partial charge on any atom is -0.0582 e. The third-order valence-corrected chi connectivity index (χ3v) is 4.91. The molecule has 0 N–H and O–H groups in total. The minimum absolute atomic E-state index is 1.22. The molecular weight excluding hydrogens is 240 g/mol. The smallest absolute Gasteiger partial charge is 0.00614 e. The SMILES string of the molecule is [c]1c(-c2ccc3c(c2)CCCC3)ccc2c1CCCC2. The van der Waals surface area contributed by atoms with Crippen LogP contribution in [0.5, 0.6) is 0 Å². The van der Waals surface area contributed by atoms with Gasteiger partial charge in [-0.25, -0.2) is 0 Å². The summed E-state index contributed by atoms with van der Waals surface area (Å²) in [5.74, 6) is 0. The van der Waals surface area contributed by atoms with Crippen molar-refractivity contribution >= 4 is 0 Å². The monoisotopic (exact) mass is 261 g/mol. The fourth-order valence-corrected chi connectivity index (χ4v) is 3.71. The maximum absolute atomic E-state index is 3.69. The zero-order valence-corrected chi connectivity index (χ0v) is 12.0.